The van der Waals surface area contributed by atoms with Gasteiger partial charge in [-0.2, -0.15) is 0 Å². The fourth-order valence-electron chi connectivity index (χ4n) is 3.38. The largest absolute Gasteiger partial charge is 0.385 e. The molecule has 0 spiro atoms. The maximum Gasteiger partial charge on any atom is 0.254 e. The lowest BCUT2D eigenvalue weighted by molar-refractivity contribution is 0.0769. The van der Waals surface area contributed by atoms with Gasteiger partial charge >= 0.3 is 0 Å². The summed E-state index contributed by atoms with van der Waals surface area (Å²) in [5.74, 6) is 0.624. The molecule has 2 heterocycles. The number of nitrogens with zero attached hydrogens (tertiary/aromatic N) is 2. The number of nitrogens with one attached hydrogen (secondary N) is 1. The van der Waals surface area contributed by atoms with Gasteiger partial charge in [-0.05, 0) is 55.7 Å². The van der Waals surface area contributed by atoms with Gasteiger partial charge in [0.2, 0.25) is 0 Å². The summed E-state index contributed by atoms with van der Waals surface area (Å²) in [5.41, 5.74) is 5.73. The number of aromatic amines is 1. The van der Waals surface area contributed by atoms with Crippen molar-refractivity contribution in [3.63, 3.8) is 0 Å². The van der Waals surface area contributed by atoms with Crippen LogP contribution in [-0.2, 0) is 0 Å². The molecule has 2 aromatic carbocycles. The highest BCUT2D eigenvalue weighted by Crippen LogP contribution is 2.26. The third kappa shape index (κ3) is 3.51. The van der Waals surface area contributed by atoms with E-state index in [1.165, 1.54) is 5.57 Å². The summed E-state index contributed by atoms with van der Waals surface area (Å²) in [6.45, 7) is 5.24. The number of hydrogen-bond donors (Lipinski definition) is 2. The van der Waals surface area contributed by atoms with Gasteiger partial charge in [0, 0.05) is 18.7 Å². The summed E-state index contributed by atoms with van der Waals surface area (Å²) in [6, 6.07) is 13.7. The number of aliphatic hydroxyl groups is 1. The number of benzene rings is 2. The summed E-state index contributed by atoms with van der Waals surface area (Å²) < 4.78 is 0. The van der Waals surface area contributed by atoms with Gasteiger partial charge in [0.25, 0.3) is 5.91 Å². The van der Waals surface area contributed by atoms with Crippen molar-refractivity contribution in [2.45, 2.75) is 26.4 Å². The maximum absolute atomic E-state index is 12.8. The van der Waals surface area contributed by atoms with Crippen LogP contribution in [0.15, 0.2) is 54.1 Å². The van der Waals surface area contributed by atoms with E-state index in [2.05, 4.69) is 23.0 Å². The summed E-state index contributed by atoms with van der Waals surface area (Å²) >= 11 is 0. The number of H-pyrrole nitrogens is 1. The van der Waals surface area contributed by atoms with Crippen molar-refractivity contribution in [1.29, 1.82) is 0 Å². The van der Waals surface area contributed by atoms with Crippen LogP contribution >= 0.6 is 0 Å². The number of carbonyl (C=O) groups is 1. The molecule has 5 nitrogen and oxygen atoms in total. The molecule has 0 aliphatic carbocycles. The molecule has 1 aromatic heterocycles. The molecule has 0 unspecified atom stereocenters. The van der Waals surface area contributed by atoms with Gasteiger partial charge < -0.3 is 15.0 Å². The van der Waals surface area contributed by atoms with Crippen LogP contribution in [-0.4, -0.2) is 39.0 Å². The van der Waals surface area contributed by atoms with Crippen molar-refractivity contribution in [2.24, 2.45) is 0 Å². The quantitative estimate of drug-likeness (QED) is 0.691. The van der Waals surface area contributed by atoms with Crippen molar-refractivity contribution >= 4 is 16.9 Å². The predicted molar refractivity (Wildman–Crippen MR) is 106 cm³/mol. The number of fused-ring (bicyclic) bond motifs is 1. The van der Waals surface area contributed by atoms with Crippen LogP contribution in [0.4, 0.5) is 0 Å². The topological polar surface area (TPSA) is 69.2 Å². The van der Waals surface area contributed by atoms with E-state index in [-0.39, 0.29) is 5.91 Å². The molecule has 0 bridgehead atoms. The Labute approximate surface area is 158 Å². The fourth-order valence-corrected chi connectivity index (χ4v) is 3.38. The highest BCUT2D eigenvalue weighted by molar-refractivity contribution is 5.96. The van der Waals surface area contributed by atoms with E-state index < -0.39 is 6.10 Å². The van der Waals surface area contributed by atoms with Gasteiger partial charge in [-0.3, -0.25) is 4.79 Å². The van der Waals surface area contributed by atoms with Crippen molar-refractivity contribution in [3.8, 4) is 11.1 Å². The van der Waals surface area contributed by atoms with Crippen molar-refractivity contribution < 1.29 is 9.90 Å². The molecule has 1 aliphatic rings. The molecule has 27 heavy (non-hydrogen) atoms. The van der Waals surface area contributed by atoms with Gasteiger partial charge in [0.15, 0.2) is 0 Å². The van der Waals surface area contributed by atoms with E-state index in [0.29, 0.717) is 17.9 Å². The van der Waals surface area contributed by atoms with E-state index in [1.54, 1.807) is 6.92 Å². The SMILES string of the molecule is CC1=CCN(C(=O)c2cccc(-c3ccc4nc([C@H](C)O)[nH]c4c3)c2)CC1. The Kier molecular flexibility index (Phi) is 4.54. The van der Waals surface area contributed by atoms with Crippen LogP contribution in [0.25, 0.3) is 22.2 Å². The third-order valence-corrected chi connectivity index (χ3v) is 5.06. The molecule has 1 amide bonds. The molecule has 0 fully saturated rings. The number of hydrogen-bond acceptors (Lipinski definition) is 3. The van der Waals surface area contributed by atoms with Crippen molar-refractivity contribution in [1.82, 2.24) is 14.9 Å². The summed E-state index contributed by atoms with van der Waals surface area (Å²) in [7, 11) is 0. The zero-order valence-electron chi connectivity index (χ0n) is 15.6. The van der Waals surface area contributed by atoms with Crippen molar-refractivity contribution in [3.05, 3.63) is 65.5 Å². The minimum absolute atomic E-state index is 0.0691. The number of aromatic nitrogens is 2. The monoisotopic (exact) mass is 361 g/mol. The number of carbonyl (C=O) groups excluding carboxylic acids is 1. The molecule has 0 saturated carbocycles. The van der Waals surface area contributed by atoms with Gasteiger partial charge in [-0.1, -0.05) is 29.8 Å². The van der Waals surface area contributed by atoms with Crippen LogP contribution in [0.5, 0.6) is 0 Å². The fraction of sp³-hybridized carbons (Fsp3) is 0.273. The van der Waals surface area contributed by atoms with Gasteiger partial charge in [0.05, 0.1) is 11.0 Å². The Bertz CT molecular complexity index is 1030. The maximum atomic E-state index is 12.8. The molecule has 1 aliphatic heterocycles. The molecule has 1 atom stereocenters. The standard InChI is InChI=1S/C22H23N3O2/c1-14-8-10-25(11-9-14)22(27)18-5-3-4-16(12-18)17-6-7-19-20(13-17)24-21(23-19)15(2)26/h3-8,12-13,15,26H,9-11H2,1-2H3,(H,23,24)/t15-/m0/s1. The van der Waals surface area contributed by atoms with Crippen LogP contribution in [0.1, 0.15) is 42.6 Å². The molecule has 4 rings (SSSR count). The molecule has 0 saturated heterocycles. The zero-order valence-corrected chi connectivity index (χ0v) is 15.6. The number of imidazole rings is 1. The van der Waals surface area contributed by atoms with Crippen LogP contribution in [0, 0.1) is 0 Å². The summed E-state index contributed by atoms with van der Waals surface area (Å²) in [4.78, 5) is 22.3. The first kappa shape index (κ1) is 17.5. The molecular weight excluding hydrogens is 338 g/mol. The average Bonchev–Trinajstić information content (AvgIpc) is 3.12. The van der Waals surface area contributed by atoms with Gasteiger partial charge in [0.1, 0.15) is 11.9 Å². The Morgan fingerprint density at radius 2 is 2.04 bits per heavy atom. The first-order valence-corrected chi connectivity index (χ1v) is 9.24. The van der Waals surface area contributed by atoms with Crippen molar-refractivity contribution in [2.75, 3.05) is 13.1 Å². The average molecular weight is 361 g/mol. The lowest BCUT2D eigenvalue weighted by Gasteiger charge is -2.25. The third-order valence-electron chi connectivity index (χ3n) is 5.06. The van der Waals surface area contributed by atoms with E-state index >= 15 is 0 Å². The summed E-state index contributed by atoms with van der Waals surface area (Å²) in [6.07, 6.45) is 2.43. The van der Waals surface area contributed by atoms with Gasteiger partial charge in [-0.15, -0.1) is 0 Å². The van der Waals surface area contributed by atoms with Crippen LogP contribution in [0.3, 0.4) is 0 Å². The Morgan fingerprint density at radius 1 is 1.22 bits per heavy atom. The Morgan fingerprint density at radius 3 is 2.78 bits per heavy atom. The van der Waals surface area contributed by atoms with Gasteiger partial charge in [-0.25, -0.2) is 4.98 Å². The summed E-state index contributed by atoms with van der Waals surface area (Å²) in [5, 5.41) is 9.71. The zero-order chi connectivity index (χ0) is 19.0. The molecule has 3 aromatic rings. The smallest absolute Gasteiger partial charge is 0.254 e. The van der Waals surface area contributed by atoms with E-state index in [1.807, 2.05) is 47.4 Å². The first-order valence-electron chi connectivity index (χ1n) is 9.24. The second-order valence-corrected chi connectivity index (χ2v) is 7.16. The number of rotatable bonds is 3. The minimum Gasteiger partial charge on any atom is -0.385 e. The van der Waals surface area contributed by atoms with E-state index in [0.717, 1.165) is 35.1 Å². The molecular formula is C22H23N3O2. The lowest BCUT2D eigenvalue weighted by atomic mass is 10.0. The molecule has 138 valence electrons. The van der Waals surface area contributed by atoms with Crippen LogP contribution in [0.2, 0.25) is 0 Å². The Balaban J connectivity index is 1.64. The highest BCUT2D eigenvalue weighted by Gasteiger charge is 2.18. The lowest BCUT2D eigenvalue weighted by Crippen LogP contribution is -2.34. The normalized spacial score (nSPS) is 15.7. The molecule has 5 heteroatoms. The predicted octanol–water partition coefficient (Wildman–Crippen LogP) is 4.08. The Hall–Kier alpha value is -2.92. The molecule has 0 radical (unpaired) electrons. The minimum atomic E-state index is -0.635. The number of amides is 1. The first-order chi connectivity index (χ1) is 13.0. The van der Waals surface area contributed by atoms with E-state index in [9.17, 15) is 9.90 Å². The van der Waals surface area contributed by atoms with E-state index in [4.69, 9.17) is 0 Å². The molecule has 2 N–H and O–H groups in total. The second-order valence-electron chi connectivity index (χ2n) is 7.16. The number of aliphatic hydroxyl groups excluding tert-OH is 1. The second kappa shape index (κ2) is 7.00. The highest BCUT2D eigenvalue weighted by atomic mass is 16.3. The van der Waals surface area contributed by atoms with Crippen LogP contribution < -0.4 is 0 Å².